The molecule has 0 amide bonds. The molecule has 0 aliphatic heterocycles. The predicted molar refractivity (Wildman–Crippen MR) is 154 cm³/mol. The topological polar surface area (TPSA) is 0 Å². The van der Waals surface area contributed by atoms with Gasteiger partial charge in [-0.25, -0.2) is 0 Å². The smallest absolute Gasteiger partial charge is 0.0235 e. The first-order chi connectivity index (χ1) is 18.0. The molecule has 0 N–H and O–H groups in total. The molecular weight excluding hydrogens is 567 g/mol. The average Bonchev–Trinajstić information content (AvgIpc) is 3.46. The van der Waals surface area contributed by atoms with Gasteiger partial charge < -0.3 is 24.8 Å². The van der Waals surface area contributed by atoms with Crippen LogP contribution in [0.4, 0.5) is 0 Å². The van der Waals surface area contributed by atoms with Crippen molar-refractivity contribution >= 4 is 6.19 Å². The second kappa shape index (κ2) is 14.3. The van der Waals surface area contributed by atoms with Gasteiger partial charge in [-0.15, -0.1) is 88.1 Å². The van der Waals surface area contributed by atoms with Crippen molar-refractivity contribution in [2.24, 2.45) is 0 Å². The number of benzene rings is 3. The fraction of sp³-hybridized carbons (Fsp3) is 0.143. The minimum atomic E-state index is 0. The molecule has 3 aromatic carbocycles. The molecular formula is C35H30Cl2SiTi-2. The number of halogens is 2. The molecule has 39 heavy (non-hydrogen) atoms. The second-order valence-electron chi connectivity index (χ2n) is 9.86. The van der Waals surface area contributed by atoms with Crippen molar-refractivity contribution in [3.05, 3.63) is 166 Å². The maximum absolute atomic E-state index is 3.53. The Morgan fingerprint density at radius 1 is 0.641 bits per heavy atom. The molecule has 0 fully saturated rings. The van der Waals surface area contributed by atoms with Crippen molar-refractivity contribution in [1.29, 1.82) is 0 Å². The first-order valence-corrected chi connectivity index (χ1v) is 17.6. The molecule has 0 radical (unpaired) electrons. The van der Waals surface area contributed by atoms with Gasteiger partial charge in [0.1, 0.15) is 0 Å². The fourth-order valence-corrected chi connectivity index (χ4v) is 4.97. The molecule has 0 spiro atoms. The van der Waals surface area contributed by atoms with E-state index in [9.17, 15) is 0 Å². The predicted octanol–water partition coefficient (Wildman–Crippen LogP) is 2.74. The summed E-state index contributed by atoms with van der Waals surface area (Å²) in [6.45, 7) is 6.66. The minimum Gasteiger partial charge on any atom is -1.00 e. The van der Waals surface area contributed by atoms with Crippen molar-refractivity contribution in [3.63, 3.8) is 0 Å². The maximum atomic E-state index is 3.53. The quantitative estimate of drug-likeness (QED) is 0.299. The molecule has 0 saturated carbocycles. The van der Waals surface area contributed by atoms with Gasteiger partial charge >= 0.3 is 38.5 Å². The summed E-state index contributed by atoms with van der Waals surface area (Å²) >= 11 is 2.27. The van der Waals surface area contributed by atoms with Crippen LogP contribution in [0.15, 0.2) is 126 Å². The van der Waals surface area contributed by atoms with Gasteiger partial charge in [0.2, 0.25) is 0 Å². The van der Waals surface area contributed by atoms with Crippen molar-refractivity contribution in [1.82, 2.24) is 0 Å². The number of fused-ring (bicyclic) bond motifs is 6. The molecule has 0 saturated heterocycles. The summed E-state index contributed by atoms with van der Waals surface area (Å²) < 4.78 is 0. The van der Waals surface area contributed by atoms with Crippen LogP contribution in [0, 0.1) is 19.1 Å². The van der Waals surface area contributed by atoms with E-state index in [0.717, 1.165) is 0 Å². The van der Waals surface area contributed by atoms with Crippen LogP contribution in [0.2, 0.25) is 13.1 Å². The summed E-state index contributed by atoms with van der Waals surface area (Å²) in [5.41, 5.74) is 11.7. The number of hydrogen-bond acceptors (Lipinski definition) is 0. The molecule has 2 unspecified atom stereocenters. The minimum absolute atomic E-state index is 0. The molecule has 7 rings (SSSR count). The zero-order chi connectivity index (χ0) is 25.8. The number of allylic oxidation sites excluding steroid dienone is 10. The third-order valence-corrected chi connectivity index (χ3v) is 6.65. The summed E-state index contributed by atoms with van der Waals surface area (Å²) in [7, 11) is 0. The van der Waals surface area contributed by atoms with Gasteiger partial charge in [0.15, 0.2) is 0 Å². The van der Waals surface area contributed by atoms with Crippen LogP contribution in [0.5, 0.6) is 0 Å². The third kappa shape index (κ3) is 7.42. The van der Waals surface area contributed by atoms with Gasteiger partial charge in [0.25, 0.3) is 0 Å². The largest absolute Gasteiger partial charge is 1.00 e. The van der Waals surface area contributed by atoms with Crippen LogP contribution in [0.3, 0.4) is 0 Å². The molecule has 0 aromatic heterocycles. The molecule has 0 nitrogen and oxygen atoms in total. The Labute approximate surface area is 258 Å². The summed E-state index contributed by atoms with van der Waals surface area (Å²) in [5, 5.41) is 0. The van der Waals surface area contributed by atoms with E-state index in [1.54, 1.807) is 0 Å². The van der Waals surface area contributed by atoms with E-state index in [0.29, 0.717) is 11.8 Å². The van der Waals surface area contributed by atoms with Crippen molar-refractivity contribution in [3.8, 4) is 11.1 Å². The van der Waals surface area contributed by atoms with Crippen LogP contribution in [-0.4, -0.2) is 6.19 Å². The molecule has 3 aromatic rings. The van der Waals surface area contributed by atoms with Gasteiger partial charge in [-0.2, -0.15) is 0 Å². The molecule has 194 valence electrons. The fourth-order valence-electron chi connectivity index (χ4n) is 4.97. The monoisotopic (exact) mass is 596 g/mol. The van der Waals surface area contributed by atoms with Crippen molar-refractivity contribution in [2.75, 3.05) is 0 Å². The van der Waals surface area contributed by atoms with Crippen LogP contribution >= 0.6 is 0 Å². The Hall–Kier alpha value is -2.39. The number of hydrogen-bond donors (Lipinski definition) is 0. The van der Waals surface area contributed by atoms with Gasteiger partial charge in [-0.3, -0.25) is 0 Å². The molecule has 0 heterocycles. The van der Waals surface area contributed by atoms with E-state index in [1.807, 2.05) is 0 Å². The normalized spacial score (nSPS) is 17.8. The zero-order valence-corrected chi connectivity index (χ0v) is 26.5. The van der Waals surface area contributed by atoms with Crippen LogP contribution in [0.25, 0.3) is 11.1 Å². The van der Waals surface area contributed by atoms with Crippen molar-refractivity contribution in [2.45, 2.75) is 31.9 Å². The van der Waals surface area contributed by atoms with Crippen LogP contribution < -0.4 is 24.8 Å². The SMILES string of the molecule is C[Si](C)=[Ti+2].Cc1ccc2c(c1)[C-]=C1C=CC=CC12.[C-]1=C2C=CC=CC2c2ccc(-c3ccccc3)cc21.[Cl-].[Cl-]. The first kappa shape index (κ1) is 31.1. The van der Waals surface area contributed by atoms with E-state index >= 15 is 0 Å². The molecule has 4 aliphatic carbocycles. The Morgan fingerprint density at radius 2 is 1.15 bits per heavy atom. The summed E-state index contributed by atoms with van der Waals surface area (Å²) in [5.74, 6) is 0.862. The summed E-state index contributed by atoms with van der Waals surface area (Å²) in [6, 6.07) is 23.8. The van der Waals surface area contributed by atoms with Crippen molar-refractivity contribution < 1.29 is 44.0 Å². The van der Waals surface area contributed by atoms with Gasteiger partial charge in [0, 0.05) is 0 Å². The molecule has 0 bridgehead atoms. The standard InChI is InChI=1S/C19H13.C14H11.C2H6Si.2ClH.Ti/c1-2-6-14(7-3-1)15-10-11-19-17(12-15)13-16-8-4-5-9-18(16)19;1-10-6-7-14-12(8-10)9-11-4-2-3-5-13(11)14;1-3-2;;;/h1-12,18H;2-8,13H,1H3;1-2H3;2*1H;/q2*-1;;;;+2/p-2. The van der Waals surface area contributed by atoms with E-state index in [2.05, 4.69) is 167 Å². The Balaban J connectivity index is 0.000000187. The maximum Gasteiger partial charge on any atom is -0.0235 e. The zero-order valence-electron chi connectivity index (χ0n) is 22.4. The van der Waals surface area contributed by atoms with Crippen LogP contribution in [-0.2, 0) is 19.2 Å². The summed E-state index contributed by atoms with van der Waals surface area (Å²) in [4.78, 5) is 0. The average molecular weight is 597 g/mol. The molecule has 4 heteroatoms. The van der Waals surface area contributed by atoms with E-state index in [1.165, 1.54) is 50.1 Å². The third-order valence-electron chi connectivity index (χ3n) is 6.65. The summed E-state index contributed by atoms with van der Waals surface area (Å²) in [6.07, 6.45) is 24.3. The first-order valence-electron chi connectivity index (χ1n) is 12.8. The van der Waals surface area contributed by atoms with Crippen LogP contribution in [0.1, 0.15) is 39.7 Å². The van der Waals surface area contributed by atoms with Gasteiger partial charge in [-0.1, -0.05) is 84.0 Å². The van der Waals surface area contributed by atoms with E-state index < -0.39 is 0 Å². The Bertz CT molecular complexity index is 1520. The second-order valence-corrected chi connectivity index (χ2v) is 16.5. The Kier molecular flexibility index (Phi) is 11.4. The van der Waals surface area contributed by atoms with Gasteiger partial charge in [-0.05, 0) is 24.3 Å². The molecule has 4 aliphatic rings. The number of rotatable bonds is 1. The Morgan fingerprint density at radius 3 is 1.72 bits per heavy atom. The van der Waals surface area contributed by atoms with E-state index in [-0.39, 0.29) is 31.0 Å². The van der Waals surface area contributed by atoms with Gasteiger partial charge in [0.05, 0.1) is 0 Å². The number of aryl methyl sites for hydroxylation is 1. The molecule has 2 atom stereocenters. The van der Waals surface area contributed by atoms with E-state index in [4.69, 9.17) is 0 Å².